The molecule has 1 aliphatic rings. The van der Waals surface area contributed by atoms with E-state index in [-0.39, 0.29) is 11.9 Å². The van der Waals surface area contributed by atoms with Gasteiger partial charge in [-0.05, 0) is 36.4 Å². The Kier molecular flexibility index (Phi) is 3.67. The number of pyridine rings is 1. The number of likely N-dealkylation sites (tertiary alicyclic amines) is 1. The van der Waals surface area contributed by atoms with E-state index >= 15 is 0 Å². The fourth-order valence-corrected chi connectivity index (χ4v) is 3.91. The fraction of sp³-hybridized carbons (Fsp3) is 0.235. The molecular weight excluding hydrogens is 308 g/mol. The first-order valence-electron chi connectivity index (χ1n) is 7.62. The Bertz CT molecular complexity index is 798. The molecule has 1 saturated heterocycles. The van der Waals surface area contributed by atoms with Crippen molar-refractivity contribution in [2.75, 3.05) is 6.54 Å². The van der Waals surface area contributed by atoms with Crippen LogP contribution in [0.5, 0.6) is 0 Å². The lowest BCUT2D eigenvalue weighted by Crippen LogP contribution is -2.30. The number of thiophene rings is 1. The number of carbonyl (C=O) groups is 1. The van der Waals surface area contributed by atoms with Crippen molar-refractivity contribution in [3.63, 3.8) is 0 Å². The maximum atomic E-state index is 13.0. The van der Waals surface area contributed by atoms with E-state index < -0.39 is 0 Å². The molecule has 0 aromatic carbocycles. The summed E-state index contributed by atoms with van der Waals surface area (Å²) in [5, 5.41) is 2.07. The van der Waals surface area contributed by atoms with Crippen LogP contribution in [0.15, 0.2) is 54.6 Å². The summed E-state index contributed by atoms with van der Waals surface area (Å²) >= 11 is 1.72. The minimum Gasteiger partial charge on any atom is -0.331 e. The molecule has 1 amide bonds. The van der Waals surface area contributed by atoms with E-state index in [9.17, 15) is 4.79 Å². The molecule has 0 radical (unpaired) electrons. The molecule has 1 fully saturated rings. The Hall–Kier alpha value is -2.47. The zero-order valence-electron chi connectivity index (χ0n) is 12.5. The van der Waals surface area contributed by atoms with E-state index in [1.807, 2.05) is 23.2 Å². The summed E-state index contributed by atoms with van der Waals surface area (Å²) < 4.78 is 1.80. The number of aromatic nitrogens is 3. The molecule has 3 aromatic rings. The zero-order chi connectivity index (χ0) is 15.6. The Morgan fingerprint density at radius 2 is 2.26 bits per heavy atom. The van der Waals surface area contributed by atoms with Crippen LogP contribution in [0, 0.1) is 0 Å². The lowest BCUT2D eigenvalue weighted by atomic mass is 10.1. The Balaban J connectivity index is 1.63. The predicted octanol–water partition coefficient (Wildman–Crippen LogP) is 3.31. The van der Waals surface area contributed by atoms with Gasteiger partial charge in [-0.25, -0.2) is 9.97 Å². The molecule has 116 valence electrons. The van der Waals surface area contributed by atoms with E-state index in [4.69, 9.17) is 0 Å². The van der Waals surface area contributed by atoms with Gasteiger partial charge >= 0.3 is 0 Å². The van der Waals surface area contributed by atoms with Crippen molar-refractivity contribution >= 4 is 17.2 Å². The van der Waals surface area contributed by atoms with Gasteiger partial charge in [-0.15, -0.1) is 11.3 Å². The molecule has 3 aromatic heterocycles. The molecule has 1 aliphatic heterocycles. The molecule has 0 aliphatic carbocycles. The first-order chi connectivity index (χ1) is 11.3. The quantitative estimate of drug-likeness (QED) is 0.743. The standard InChI is InChI=1S/C17H16N4OS/c22-17(21-8-1-3-14(21)15-4-2-10-23-15)13-5-6-19-16(11-13)20-9-7-18-12-20/h2,4-7,9-12,14H,1,3,8H2. The van der Waals surface area contributed by atoms with Gasteiger partial charge in [-0.1, -0.05) is 6.07 Å². The van der Waals surface area contributed by atoms with E-state index in [1.165, 1.54) is 4.88 Å². The summed E-state index contributed by atoms with van der Waals surface area (Å²) in [6.07, 6.45) is 8.96. The molecule has 0 saturated carbocycles. The third-order valence-electron chi connectivity index (χ3n) is 4.15. The van der Waals surface area contributed by atoms with Crippen LogP contribution in [0.4, 0.5) is 0 Å². The van der Waals surface area contributed by atoms with Crippen LogP contribution in [-0.4, -0.2) is 31.9 Å². The maximum Gasteiger partial charge on any atom is 0.254 e. The monoisotopic (exact) mass is 324 g/mol. The van der Waals surface area contributed by atoms with Gasteiger partial charge in [0, 0.05) is 35.6 Å². The van der Waals surface area contributed by atoms with E-state index in [1.54, 1.807) is 40.7 Å². The van der Waals surface area contributed by atoms with Crippen molar-refractivity contribution in [1.82, 2.24) is 19.4 Å². The van der Waals surface area contributed by atoms with Crippen LogP contribution in [0.3, 0.4) is 0 Å². The van der Waals surface area contributed by atoms with Crippen molar-refractivity contribution < 1.29 is 4.79 Å². The molecule has 0 N–H and O–H groups in total. The van der Waals surface area contributed by atoms with Gasteiger partial charge in [0.1, 0.15) is 12.1 Å². The van der Waals surface area contributed by atoms with Crippen molar-refractivity contribution in [1.29, 1.82) is 0 Å². The van der Waals surface area contributed by atoms with Crippen molar-refractivity contribution in [3.8, 4) is 5.82 Å². The van der Waals surface area contributed by atoms with Crippen LogP contribution in [0.25, 0.3) is 5.82 Å². The summed E-state index contributed by atoms with van der Waals surface area (Å²) in [7, 11) is 0. The van der Waals surface area contributed by atoms with Gasteiger partial charge in [0.15, 0.2) is 0 Å². The fourth-order valence-electron chi connectivity index (χ4n) is 3.04. The molecule has 4 rings (SSSR count). The Morgan fingerprint density at radius 3 is 3.04 bits per heavy atom. The summed E-state index contributed by atoms with van der Waals surface area (Å²) in [5.74, 6) is 0.782. The predicted molar refractivity (Wildman–Crippen MR) is 88.7 cm³/mol. The van der Waals surface area contributed by atoms with Crippen LogP contribution in [0.2, 0.25) is 0 Å². The van der Waals surface area contributed by atoms with Crippen molar-refractivity contribution in [2.24, 2.45) is 0 Å². The molecule has 6 heteroatoms. The number of hydrogen-bond acceptors (Lipinski definition) is 4. The highest BCUT2D eigenvalue weighted by molar-refractivity contribution is 7.10. The van der Waals surface area contributed by atoms with E-state index in [2.05, 4.69) is 21.4 Å². The van der Waals surface area contributed by atoms with Crippen molar-refractivity contribution in [3.05, 3.63) is 65.0 Å². The molecule has 1 atom stereocenters. The molecule has 23 heavy (non-hydrogen) atoms. The third-order valence-corrected chi connectivity index (χ3v) is 5.12. The van der Waals surface area contributed by atoms with E-state index in [0.717, 1.165) is 19.4 Å². The van der Waals surface area contributed by atoms with Gasteiger partial charge < -0.3 is 4.90 Å². The number of amides is 1. The second-order valence-corrected chi connectivity index (χ2v) is 6.52. The van der Waals surface area contributed by atoms with Gasteiger partial charge in [0.25, 0.3) is 5.91 Å². The average molecular weight is 324 g/mol. The molecule has 1 unspecified atom stereocenters. The number of carbonyl (C=O) groups excluding carboxylic acids is 1. The molecule has 0 spiro atoms. The number of rotatable bonds is 3. The molecule has 4 heterocycles. The van der Waals surface area contributed by atoms with Gasteiger partial charge in [0.05, 0.1) is 6.04 Å². The number of nitrogens with zero attached hydrogens (tertiary/aromatic N) is 4. The first kappa shape index (κ1) is 14.1. The molecule has 5 nitrogen and oxygen atoms in total. The minimum atomic E-state index is 0.0738. The zero-order valence-corrected chi connectivity index (χ0v) is 13.3. The lowest BCUT2D eigenvalue weighted by Gasteiger charge is -2.24. The second kappa shape index (κ2) is 5.96. The molecule has 0 bridgehead atoms. The normalized spacial score (nSPS) is 17.6. The van der Waals surface area contributed by atoms with Gasteiger partial charge in [-0.2, -0.15) is 0 Å². The highest BCUT2D eigenvalue weighted by Gasteiger charge is 2.31. The third kappa shape index (κ3) is 2.66. The van der Waals surface area contributed by atoms with Crippen LogP contribution in [0.1, 0.15) is 34.1 Å². The van der Waals surface area contributed by atoms with Crippen LogP contribution >= 0.6 is 11.3 Å². The summed E-state index contributed by atoms with van der Waals surface area (Å²) in [4.78, 5) is 24.5. The summed E-state index contributed by atoms with van der Waals surface area (Å²) in [6, 6.07) is 7.97. The highest BCUT2D eigenvalue weighted by Crippen LogP contribution is 2.35. The smallest absolute Gasteiger partial charge is 0.254 e. The highest BCUT2D eigenvalue weighted by atomic mass is 32.1. The Morgan fingerprint density at radius 1 is 1.30 bits per heavy atom. The van der Waals surface area contributed by atoms with Crippen LogP contribution in [-0.2, 0) is 0 Å². The van der Waals surface area contributed by atoms with Gasteiger partial charge in [0.2, 0.25) is 0 Å². The summed E-state index contributed by atoms with van der Waals surface area (Å²) in [6.45, 7) is 0.810. The SMILES string of the molecule is O=C(c1ccnc(-n2ccnc2)c1)N1CCCC1c1cccs1. The van der Waals surface area contributed by atoms with Gasteiger partial charge in [-0.3, -0.25) is 9.36 Å². The minimum absolute atomic E-state index is 0.0738. The lowest BCUT2D eigenvalue weighted by molar-refractivity contribution is 0.0737. The maximum absolute atomic E-state index is 13.0. The van der Waals surface area contributed by atoms with E-state index in [0.29, 0.717) is 11.4 Å². The first-order valence-corrected chi connectivity index (χ1v) is 8.49. The van der Waals surface area contributed by atoms with Crippen LogP contribution < -0.4 is 0 Å². The topological polar surface area (TPSA) is 51.0 Å². The molecular formula is C17H16N4OS. The largest absolute Gasteiger partial charge is 0.331 e. The second-order valence-electron chi connectivity index (χ2n) is 5.54. The van der Waals surface area contributed by atoms with Crippen molar-refractivity contribution in [2.45, 2.75) is 18.9 Å². The average Bonchev–Trinajstić information content (AvgIpc) is 3.35. The summed E-state index contributed by atoms with van der Waals surface area (Å²) in [5.41, 5.74) is 0.673. The number of imidazole rings is 1. The Labute approximate surface area is 138 Å². The number of hydrogen-bond donors (Lipinski definition) is 0.